The molecule has 0 saturated carbocycles. The highest BCUT2D eigenvalue weighted by molar-refractivity contribution is 7.99. The maximum absolute atomic E-state index is 13.7. The zero-order valence-corrected chi connectivity index (χ0v) is 14.5. The van der Waals surface area contributed by atoms with Crippen LogP contribution in [0.15, 0.2) is 18.2 Å². The third-order valence-electron chi connectivity index (χ3n) is 2.60. The molecule has 0 fully saturated rings. The highest BCUT2D eigenvalue weighted by Gasteiger charge is 2.16. The molecule has 0 aliphatic rings. The van der Waals surface area contributed by atoms with Gasteiger partial charge >= 0.3 is 6.09 Å². The molecule has 0 aliphatic carbocycles. The zero-order chi connectivity index (χ0) is 16.6. The smallest absolute Gasteiger partial charge is 0.412 e. The van der Waals surface area contributed by atoms with Crippen LogP contribution in [0.25, 0.3) is 0 Å². The predicted molar refractivity (Wildman–Crippen MR) is 92.4 cm³/mol. The molecule has 1 aromatic carbocycles. The normalized spacial score (nSPS) is 11.1. The fourth-order valence-corrected chi connectivity index (χ4v) is 2.34. The second-order valence-electron chi connectivity index (χ2n) is 5.80. The van der Waals surface area contributed by atoms with Crippen LogP contribution in [0.2, 0.25) is 0 Å². The van der Waals surface area contributed by atoms with Gasteiger partial charge in [-0.25, -0.2) is 9.18 Å². The maximum Gasteiger partial charge on any atom is 0.412 e. The van der Waals surface area contributed by atoms with Crippen molar-refractivity contribution in [1.29, 1.82) is 0 Å². The van der Waals surface area contributed by atoms with E-state index in [2.05, 4.69) is 17.6 Å². The average Bonchev–Trinajstić information content (AvgIpc) is 2.39. The van der Waals surface area contributed by atoms with Crippen LogP contribution in [0, 0.1) is 5.82 Å². The molecule has 0 spiro atoms. The lowest BCUT2D eigenvalue weighted by Crippen LogP contribution is -2.27. The van der Waals surface area contributed by atoms with Gasteiger partial charge in [0, 0.05) is 12.2 Å². The Morgan fingerprint density at radius 1 is 1.36 bits per heavy atom. The van der Waals surface area contributed by atoms with E-state index < -0.39 is 11.7 Å². The minimum absolute atomic E-state index is 0.335. The molecule has 0 atom stereocenters. The zero-order valence-electron chi connectivity index (χ0n) is 13.7. The van der Waals surface area contributed by atoms with Gasteiger partial charge in [0.15, 0.2) is 0 Å². The van der Waals surface area contributed by atoms with Crippen molar-refractivity contribution < 1.29 is 13.9 Å². The van der Waals surface area contributed by atoms with E-state index in [-0.39, 0.29) is 5.82 Å². The SMILES string of the molecule is CCSCCCNc1cc(NC(=O)OC(C)(C)C)ccc1F. The summed E-state index contributed by atoms with van der Waals surface area (Å²) >= 11 is 1.86. The number of hydrogen-bond acceptors (Lipinski definition) is 4. The van der Waals surface area contributed by atoms with Crippen LogP contribution in [0.5, 0.6) is 0 Å². The topological polar surface area (TPSA) is 50.4 Å². The first-order valence-corrected chi connectivity index (χ1v) is 8.58. The van der Waals surface area contributed by atoms with Gasteiger partial charge in [-0.2, -0.15) is 11.8 Å². The van der Waals surface area contributed by atoms with Crippen LogP contribution in [0.3, 0.4) is 0 Å². The molecule has 2 N–H and O–H groups in total. The third-order valence-corrected chi connectivity index (χ3v) is 3.58. The molecule has 124 valence electrons. The summed E-state index contributed by atoms with van der Waals surface area (Å²) in [5.41, 5.74) is 0.318. The number of amides is 1. The van der Waals surface area contributed by atoms with Crippen molar-refractivity contribution in [3.05, 3.63) is 24.0 Å². The molecule has 1 aromatic rings. The summed E-state index contributed by atoms with van der Waals surface area (Å²) in [5.74, 6) is 1.79. The Hall–Kier alpha value is -1.43. The van der Waals surface area contributed by atoms with Gasteiger partial charge in [-0.15, -0.1) is 0 Å². The van der Waals surface area contributed by atoms with Crippen LogP contribution in [-0.2, 0) is 4.74 Å². The molecular formula is C16H25FN2O2S. The van der Waals surface area contributed by atoms with Gasteiger partial charge in [0.05, 0.1) is 5.69 Å². The van der Waals surface area contributed by atoms with E-state index in [0.717, 1.165) is 17.9 Å². The Balaban J connectivity index is 2.56. The minimum atomic E-state index is -0.567. The first kappa shape index (κ1) is 18.6. The van der Waals surface area contributed by atoms with Gasteiger partial charge < -0.3 is 10.1 Å². The predicted octanol–water partition coefficient (Wildman–Crippen LogP) is 4.73. The van der Waals surface area contributed by atoms with Crippen molar-refractivity contribution in [3.8, 4) is 0 Å². The Bertz CT molecular complexity index is 490. The number of carbonyl (C=O) groups is 1. The molecule has 22 heavy (non-hydrogen) atoms. The van der Waals surface area contributed by atoms with Crippen molar-refractivity contribution >= 4 is 29.2 Å². The standard InChI is InChI=1S/C16H25FN2O2S/c1-5-22-10-6-9-18-14-11-12(7-8-13(14)17)19-15(20)21-16(2,3)4/h7-8,11,18H,5-6,9-10H2,1-4H3,(H,19,20). The first-order chi connectivity index (χ1) is 10.3. The van der Waals surface area contributed by atoms with Crippen molar-refractivity contribution in [3.63, 3.8) is 0 Å². The fourth-order valence-electron chi connectivity index (χ4n) is 1.70. The van der Waals surface area contributed by atoms with E-state index in [0.29, 0.717) is 17.9 Å². The second kappa shape index (κ2) is 8.88. The molecule has 0 radical (unpaired) electrons. The molecule has 6 heteroatoms. The van der Waals surface area contributed by atoms with E-state index in [1.807, 2.05) is 11.8 Å². The van der Waals surface area contributed by atoms with E-state index in [1.54, 1.807) is 26.8 Å². The Kier molecular flexibility index (Phi) is 7.51. The number of ether oxygens (including phenoxy) is 1. The van der Waals surface area contributed by atoms with Gasteiger partial charge in [0.1, 0.15) is 11.4 Å². The minimum Gasteiger partial charge on any atom is -0.444 e. The van der Waals surface area contributed by atoms with E-state index in [4.69, 9.17) is 4.74 Å². The van der Waals surface area contributed by atoms with Gasteiger partial charge in [-0.05, 0) is 56.9 Å². The largest absolute Gasteiger partial charge is 0.444 e. The number of carbonyl (C=O) groups excluding carboxylic acids is 1. The monoisotopic (exact) mass is 328 g/mol. The molecule has 4 nitrogen and oxygen atoms in total. The van der Waals surface area contributed by atoms with Gasteiger partial charge in [-0.1, -0.05) is 6.92 Å². The van der Waals surface area contributed by atoms with Gasteiger partial charge in [-0.3, -0.25) is 5.32 Å². The van der Waals surface area contributed by atoms with Gasteiger partial charge in [0.2, 0.25) is 0 Å². The molecule has 0 unspecified atom stereocenters. The summed E-state index contributed by atoms with van der Waals surface area (Å²) in [4.78, 5) is 11.7. The summed E-state index contributed by atoms with van der Waals surface area (Å²) in [5, 5.41) is 5.66. The van der Waals surface area contributed by atoms with Gasteiger partial charge in [0.25, 0.3) is 0 Å². The maximum atomic E-state index is 13.7. The van der Waals surface area contributed by atoms with Crippen molar-refractivity contribution in [2.24, 2.45) is 0 Å². The number of nitrogens with one attached hydrogen (secondary N) is 2. The van der Waals surface area contributed by atoms with Crippen molar-refractivity contribution in [2.45, 2.75) is 39.7 Å². The summed E-state index contributed by atoms with van der Waals surface area (Å²) < 4.78 is 18.9. The Labute approximate surface area is 136 Å². The Morgan fingerprint density at radius 3 is 2.73 bits per heavy atom. The quantitative estimate of drug-likeness (QED) is 0.711. The molecule has 1 rings (SSSR count). The molecule has 0 bridgehead atoms. The lowest BCUT2D eigenvalue weighted by Gasteiger charge is -2.20. The summed E-state index contributed by atoms with van der Waals surface area (Å²) in [6.45, 7) is 8.18. The second-order valence-corrected chi connectivity index (χ2v) is 7.19. The molecule has 1 amide bonds. The number of rotatable bonds is 7. The highest BCUT2D eigenvalue weighted by atomic mass is 32.2. The number of hydrogen-bond donors (Lipinski definition) is 2. The van der Waals surface area contributed by atoms with E-state index in [9.17, 15) is 9.18 Å². The van der Waals surface area contributed by atoms with Crippen LogP contribution in [-0.4, -0.2) is 29.7 Å². The summed E-state index contributed by atoms with van der Waals surface area (Å²) in [6, 6.07) is 4.42. The Morgan fingerprint density at radius 2 is 2.09 bits per heavy atom. The van der Waals surface area contributed by atoms with Crippen LogP contribution in [0.4, 0.5) is 20.6 Å². The molecule has 0 saturated heterocycles. The summed E-state index contributed by atoms with van der Waals surface area (Å²) in [7, 11) is 0. The van der Waals surface area contributed by atoms with Crippen LogP contribution >= 0.6 is 11.8 Å². The van der Waals surface area contributed by atoms with E-state index in [1.165, 1.54) is 12.1 Å². The number of thioether (sulfide) groups is 1. The average molecular weight is 328 g/mol. The molecule has 0 heterocycles. The third kappa shape index (κ3) is 7.54. The number of anilines is 2. The number of benzene rings is 1. The highest BCUT2D eigenvalue weighted by Crippen LogP contribution is 2.20. The molecular weight excluding hydrogens is 303 g/mol. The van der Waals surface area contributed by atoms with Crippen LogP contribution < -0.4 is 10.6 Å². The fraction of sp³-hybridized carbons (Fsp3) is 0.562. The lowest BCUT2D eigenvalue weighted by atomic mass is 10.2. The van der Waals surface area contributed by atoms with E-state index >= 15 is 0 Å². The van der Waals surface area contributed by atoms with Crippen molar-refractivity contribution in [1.82, 2.24) is 0 Å². The molecule has 0 aromatic heterocycles. The first-order valence-electron chi connectivity index (χ1n) is 7.43. The number of halogens is 1. The lowest BCUT2D eigenvalue weighted by molar-refractivity contribution is 0.0636. The van der Waals surface area contributed by atoms with Crippen molar-refractivity contribution in [2.75, 3.05) is 28.7 Å². The molecule has 0 aliphatic heterocycles. The van der Waals surface area contributed by atoms with Crippen LogP contribution in [0.1, 0.15) is 34.1 Å². The summed E-state index contributed by atoms with van der Waals surface area (Å²) in [6.07, 6.45) is 0.409.